The van der Waals surface area contributed by atoms with Gasteiger partial charge in [-0.05, 0) is 46.8 Å². The molecule has 1 aliphatic heterocycles. The summed E-state index contributed by atoms with van der Waals surface area (Å²) in [7, 11) is 2.00. The highest BCUT2D eigenvalue weighted by atomic mass is 16.3. The van der Waals surface area contributed by atoms with E-state index in [9.17, 15) is 0 Å². The summed E-state index contributed by atoms with van der Waals surface area (Å²) in [6, 6.07) is 1.25. The van der Waals surface area contributed by atoms with Crippen LogP contribution in [-0.2, 0) is 0 Å². The highest BCUT2D eigenvalue weighted by molar-refractivity contribution is 4.78. The summed E-state index contributed by atoms with van der Waals surface area (Å²) in [6.07, 6.45) is 2.38. The zero-order valence-corrected chi connectivity index (χ0v) is 9.03. The van der Waals surface area contributed by atoms with Gasteiger partial charge in [0.2, 0.25) is 0 Å². The fourth-order valence-electron chi connectivity index (χ4n) is 1.96. The molecule has 1 aliphatic rings. The van der Waals surface area contributed by atoms with E-state index in [0.717, 1.165) is 0 Å². The zero-order valence-electron chi connectivity index (χ0n) is 9.03. The fraction of sp³-hybridized carbons (Fsp3) is 1.00. The summed E-state index contributed by atoms with van der Waals surface area (Å²) in [5.74, 6) is 0. The Balaban J connectivity index is 2.30. The van der Waals surface area contributed by atoms with E-state index in [2.05, 4.69) is 18.7 Å². The second-order valence-electron chi connectivity index (χ2n) is 4.26. The van der Waals surface area contributed by atoms with Gasteiger partial charge in [-0.25, -0.2) is 0 Å². The van der Waals surface area contributed by atoms with Crippen molar-refractivity contribution in [2.75, 3.05) is 26.9 Å². The zero-order chi connectivity index (χ0) is 9.84. The topological polar surface area (TPSA) is 26.7 Å². The third-order valence-electron chi connectivity index (χ3n) is 3.08. The molecule has 1 heterocycles. The van der Waals surface area contributed by atoms with E-state index in [1.807, 2.05) is 11.9 Å². The van der Waals surface area contributed by atoms with Crippen LogP contribution in [0.1, 0.15) is 26.7 Å². The second-order valence-corrected chi connectivity index (χ2v) is 4.26. The fourth-order valence-corrected chi connectivity index (χ4v) is 1.96. The molecule has 3 heteroatoms. The lowest BCUT2D eigenvalue weighted by Crippen LogP contribution is -2.45. The summed E-state index contributed by atoms with van der Waals surface area (Å²) < 4.78 is 0. The molecule has 0 amide bonds. The Hall–Kier alpha value is -0.120. The minimum absolute atomic E-state index is 0.187. The second kappa shape index (κ2) is 4.94. The maximum atomic E-state index is 8.97. The SMILES string of the molecule is CC(C)N1CCC(N(C)CO)CC1. The van der Waals surface area contributed by atoms with Crippen LogP contribution in [0.5, 0.6) is 0 Å². The average molecular weight is 186 g/mol. The molecule has 1 rings (SSSR count). The minimum Gasteiger partial charge on any atom is -0.381 e. The number of hydrogen-bond acceptors (Lipinski definition) is 3. The molecule has 1 N–H and O–H groups in total. The number of piperidine rings is 1. The van der Waals surface area contributed by atoms with Crippen LogP contribution in [0.2, 0.25) is 0 Å². The van der Waals surface area contributed by atoms with Crippen molar-refractivity contribution in [3.05, 3.63) is 0 Å². The van der Waals surface area contributed by atoms with Crippen molar-refractivity contribution < 1.29 is 5.11 Å². The van der Waals surface area contributed by atoms with Gasteiger partial charge < -0.3 is 10.0 Å². The molecule has 0 aliphatic carbocycles. The molecule has 0 aromatic rings. The van der Waals surface area contributed by atoms with Crippen LogP contribution in [0, 0.1) is 0 Å². The van der Waals surface area contributed by atoms with Crippen LogP contribution >= 0.6 is 0 Å². The van der Waals surface area contributed by atoms with Gasteiger partial charge in [-0.3, -0.25) is 4.90 Å². The van der Waals surface area contributed by atoms with Crippen LogP contribution in [0.25, 0.3) is 0 Å². The van der Waals surface area contributed by atoms with Gasteiger partial charge in [0.25, 0.3) is 0 Å². The Kier molecular flexibility index (Phi) is 4.16. The van der Waals surface area contributed by atoms with E-state index in [4.69, 9.17) is 5.11 Å². The van der Waals surface area contributed by atoms with E-state index in [0.29, 0.717) is 12.1 Å². The Bertz CT molecular complexity index is 142. The lowest BCUT2D eigenvalue weighted by Gasteiger charge is -2.37. The van der Waals surface area contributed by atoms with Gasteiger partial charge in [0, 0.05) is 12.1 Å². The van der Waals surface area contributed by atoms with Gasteiger partial charge in [-0.1, -0.05) is 0 Å². The van der Waals surface area contributed by atoms with Gasteiger partial charge >= 0.3 is 0 Å². The first-order chi connectivity index (χ1) is 6.15. The van der Waals surface area contributed by atoms with Crippen LogP contribution in [-0.4, -0.2) is 53.9 Å². The Morgan fingerprint density at radius 3 is 2.31 bits per heavy atom. The quantitative estimate of drug-likeness (QED) is 0.659. The van der Waals surface area contributed by atoms with Crippen LogP contribution < -0.4 is 0 Å². The van der Waals surface area contributed by atoms with Crippen molar-refractivity contribution in [1.82, 2.24) is 9.80 Å². The number of hydrogen-bond donors (Lipinski definition) is 1. The summed E-state index contributed by atoms with van der Waals surface area (Å²) in [5, 5.41) is 8.97. The molecule has 0 spiro atoms. The van der Waals surface area contributed by atoms with Gasteiger partial charge in [0.1, 0.15) is 0 Å². The predicted octanol–water partition coefficient (Wildman–Crippen LogP) is 0.741. The molecule has 1 saturated heterocycles. The summed E-state index contributed by atoms with van der Waals surface area (Å²) >= 11 is 0. The van der Waals surface area contributed by atoms with E-state index < -0.39 is 0 Å². The highest BCUT2D eigenvalue weighted by Crippen LogP contribution is 2.16. The molecule has 0 atom stereocenters. The molecule has 3 nitrogen and oxygen atoms in total. The van der Waals surface area contributed by atoms with Crippen molar-refractivity contribution >= 4 is 0 Å². The molecule has 13 heavy (non-hydrogen) atoms. The van der Waals surface area contributed by atoms with Crippen molar-refractivity contribution in [2.24, 2.45) is 0 Å². The van der Waals surface area contributed by atoms with Gasteiger partial charge in [-0.2, -0.15) is 0 Å². The number of aliphatic hydroxyl groups excluding tert-OH is 1. The van der Waals surface area contributed by atoms with Crippen molar-refractivity contribution in [3.63, 3.8) is 0 Å². The maximum Gasteiger partial charge on any atom is 0.0956 e. The first kappa shape index (κ1) is 11.0. The van der Waals surface area contributed by atoms with Crippen LogP contribution in [0.15, 0.2) is 0 Å². The van der Waals surface area contributed by atoms with Gasteiger partial charge in [0.05, 0.1) is 6.73 Å². The number of aliphatic hydroxyl groups is 1. The average Bonchev–Trinajstić information content (AvgIpc) is 2.17. The van der Waals surface area contributed by atoms with Gasteiger partial charge in [-0.15, -0.1) is 0 Å². The van der Waals surface area contributed by atoms with E-state index in [-0.39, 0.29) is 6.73 Å². The first-order valence-corrected chi connectivity index (χ1v) is 5.20. The van der Waals surface area contributed by atoms with Crippen molar-refractivity contribution in [2.45, 2.75) is 38.8 Å². The third-order valence-corrected chi connectivity index (χ3v) is 3.08. The smallest absolute Gasteiger partial charge is 0.0956 e. The molecule has 0 aromatic heterocycles. The third kappa shape index (κ3) is 2.93. The maximum absolute atomic E-state index is 8.97. The number of likely N-dealkylation sites (tertiary alicyclic amines) is 1. The Morgan fingerprint density at radius 1 is 1.38 bits per heavy atom. The van der Waals surface area contributed by atoms with Crippen LogP contribution in [0.3, 0.4) is 0 Å². The molecular weight excluding hydrogens is 164 g/mol. The normalized spacial score (nSPS) is 21.7. The van der Waals surface area contributed by atoms with Crippen molar-refractivity contribution in [3.8, 4) is 0 Å². The Labute approximate surface area is 81.3 Å². The van der Waals surface area contributed by atoms with E-state index in [1.165, 1.54) is 25.9 Å². The predicted molar refractivity (Wildman–Crippen MR) is 54.6 cm³/mol. The molecule has 0 bridgehead atoms. The standard InChI is InChI=1S/C10H22N2O/c1-9(2)12-6-4-10(5-7-12)11(3)8-13/h9-10,13H,4-8H2,1-3H3. The minimum atomic E-state index is 0.187. The first-order valence-electron chi connectivity index (χ1n) is 5.20. The summed E-state index contributed by atoms with van der Waals surface area (Å²) in [5.41, 5.74) is 0. The number of nitrogens with zero attached hydrogens (tertiary/aromatic N) is 2. The van der Waals surface area contributed by atoms with Crippen molar-refractivity contribution in [1.29, 1.82) is 0 Å². The molecular formula is C10H22N2O. The molecule has 0 saturated carbocycles. The monoisotopic (exact) mass is 186 g/mol. The molecule has 0 radical (unpaired) electrons. The van der Waals surface area contributed by atoms with Gasteiger partial charge in [0.15, 0.2) is 0 Å². The van der Waals surface area contributed by atoms with E-state index in [1.54, 1.807) is 0 Å². The molecule has 0 aromatic carbocycles. The molecule has 1 fully saturated rings. The molecule has 78 valence electrons. The molecule has 0 unspecified atom stereocenters. The Morgan fingerprint density at radius 2 is 1.92 bits per heavy atom. The largest absolute Gasteiger partial charge is 0.381 e. The lowest BCUT2D eigenvalue weighted by molar-refractivity contribution is 0.0491. The lowest BCUT2D eigenvalue weighted by atomic mass is 10.0. The summed E-state index contributed by atoms with van der Waals surface area (Å²) in [4.78, 5) is 4.54. The van der Waals surface area contributed by atoms with Crippen LogP contribution in [0.4, 0.5) is 0 Å². The summed E-state index contributed by atoms with van der Waals surface area (Å²) in [6.45, 7) is 7.03. The number of rotatable bonds is 3. The highest BCUT2D eigenvalue weighted by Gasteiger charge is 2.22. The van der Waals surface area contributed by atoms with E-state index >= 15 is 0 Å².